The lowest BCUT2D eigenvalue weighted by molar-refractivity contribution is -0.136. The number of benzene rings is 5. The Morgan fingerprint density at radius 3 is 1.96 bits per heavy atom. The maximum absolute atomic E-state index is 13.8. The van der Waals surface area contributed by atoms with Crippen LogP contribution in [0, 0.1) is 0 Å². The third-order valence-corrected chi connectivity index (χ3v) is 8.52. The number of hydrogen-bond donors (Lipinski definition) is 1. The van der Waals surface area contributed by atoms with Crippen molar-refractivity contribution in [2.45, 2.75) is 6.42 Å². The van der Waals surface area contributed by atoms with Crippen molar-refractivity contribution in [2.75, 3.05) is 46.8 Å². The van der Waals surface area contributed by atoms with Gasteiger partial charge in [0, 0.05) is 34.0 Å². The smallest absolute Gasteiger partial charge is 0.307 e. The Morgan fingerprint density at radius 2 is 1.27 bits per heavy atom. The molecule has 0 amide bonds. The zero-order valence-corrected chi connectivity index (χ0v) is 26.8. The minimum Gasteiger partial charge on any atom is -0.491 e. The van der Waals surface area contributed by atoms with E-state index in [-0.39, 0.29) is 6.42 Å². The first-order valence-corrected chi connectivity index (χ1v) is 15.9. The Kier molecular flexibility index (Phi) is 9.08. The largest absolute Gasteiger partial charge is 0.491 e. The summed E-state index contributed by atoms with van der Waals surface area (Å²) in [5.41, 5.74) is 3.26. The maximum Gasteiger partial charge on any atom is 0.307 e. The van der Waals surface area contributed by atoms with Gasteiger partial charge in [-0.05, 0) is 76.7 Å². The summed E-state index contributed by atoms with van der Waals surface area (Å²) in [6.45, 7) is 2.98. The van der Waals surface area contributed by atoms with E-state index in [4.69, 9.17) is 28.5 Å². The van der Waals surface area contributed by atoms with Crippen LogP contribution >= 0.6 is 0 Å². The number of ether oxygens (including phenoxy) is 4. The molecule has 1 N–H and O–H groups in total. The molecular formula is C39H33NO9. The van der Waals surface area contributed by atoms with Crippen molar-refractivity contribution < 1.29 is 33.3 Å². The number of nitrogens with zero attached hydrogens (tertiary/aromatic N) is 1. The van der Waals surface area contributed by atoms with Crippen molar-refractivity contribution in [2.24, 2.45) is 0 Å². The molecule has 0 spiro atoms. The lowest BCUT2D eigenvalue weighted by atomic mass is 9.95. The molecule has 0 aliphatic heterocycles. The number of carboxylic acid groups (broad SMARTS) is 1. The Labute approximate surface area is 280 Å². The Hall–Kier alpha value is -5.55. The molecule has 248 valence electrons. The number of carbonyl (C=O) groups is 1. The van der Waals surface area contributed by atoms with Crippen LogP contribution in [0.4, 0.5) is 0 Å². The number of aromatic nitrogens is 1. The van der Waals surface area contributed by atoms with Crippen LogP contribution in [0.15, 0.2) is 105 Å². The molecule has 7 rings (SSSR count). The fraction of sp³-hybridized carbons (Fsp3) is 0.205. The SMILES string of the molecule is COCCOCCOCCOc1ccc(-c2ccc3oc4ccc5c(=O)n(-c6ccc(CC(=O)O)cc6)c(=O)c6ccc(c3c2)c4c56)cc1. The molecule has 2 heterocycles. The molecule has 0 atom stereocenters. The van der Waals surface area contributed by atoms with Crippen LogP contribution in [0.25, 0.3) is 60.3 Å². The quantitative estimate of drug-likeness (QED) is 0.0826. The summed E-state index contributed by atoms with van der Waals surface area (Å²) < 4.78 is 29.2. The molecule has 49 heavy (non-hydrogen) atoms. The number of aliphatic carboxylic acids is 1. The molecule has 0 aliphatic carbocycles. The van der Waals surface area contributed by atoms with Gasteiger partial charge in [0.1, 0.15) is 23.5 Å². The molecule has 0 fully saturated rings. The number of fused-ring (bicyclic) bond motifs is 2. The molecule has 0 bridgehead atoms. The topological polar surface area (TPSA) is 126 Å². The van der Waals surface area contributed by atoms with Crippen LogP contribution < -0.4 is 15.9 Å². The summed E-state index contributed by atoms with van der Waals surface area (Å²) in [4.78, 5) is 38.7. The first-order valence-electron chi connectivity index (χ1n) is 15.9. The molecule has 0 saturated heterocycles. The van der Waals surface area contributed by atoms with Crippen LogP contribution in [0.1, 0.15) is 5.56 Å². The van der Waals surface area contributed by atoms with E-state index in [1.807, 2.05) is 42.5 Å². The van der Waals surface area contributed by atoms with E-state index in [2.05, 4.69) is 6.07 Å². The highest BCUT2D eigenvalue weighted by molar-refractivity contribution is 6.26. The van der Waals surface area contributed by atoms with Crippen LogP contribution in [0.3, 0.4) is 0 Å². The first kappa shape index (κ1) is 32.0. The highest BCUT2D eigenvalue weighted by Gasteiger charge is 2.20. The van der Waals surface area contributed by atoms with E-state index < -0.39 is 17.1 Å². The second-order valence-electron chi connectivity index (χ2n) is 11.6. The zero-order chi connectivity index (χ0) is 33.9. The van der Waals surface area contributed by atoms with Crippen molar-refractivity contribution >= 4 is 49.5 Å². The zero-order valence-electron chi connectivity index (χ0n) is 26.8. The predicted molar refractivity (Wildman–Crippen MR) is 188 cm³/mol. The second-order valence-corrected chi connectivity index (χ2v) is 11.6. The molecular weight excluding hydrogens is 626 g/mol. The highest BCUT2D eigenvalue weighted by atomic mass is 16.6. The van der Waals surface area contributed by atoms with Gasteiger partial charge in [0.25, 0.3) is 11.1 Å². The second kappa shape index (κ2) is 13.9. The van der Waals surface area contributed by atoms with Gasteiger partial charge >= 0.3 is 5.97 Å². The van der Waals surface area contributed by atoms with E-state index in [9.17, 15) is 14.4 Å². The lowest BCUT2D eigenvalue weighted by Gasteiger charge is -2.15. The average Bonchev–Trinajstić information content (AvgIpc) is 3.11. The molecule has 10 nitrogen and oxygen atoms in total. The molecule has 7 aromatic rings. The van der Waals surface area contributed by atoms with Gasteiger partial charge in [-0.2, -0.15) is 0 Å². The van der Waals surface area contributed by atoms with Crippen molar-refractivity contribution in [1.82, 2.24) is 4.57 Å². The number of hydrogen-bond acceptors (Lipinski definition) is 8. The number of rotatable bonds is 14. The van der Waals surface area contributed by atoms with Crippen LogP contribution in [0.5, 0.6) is 5.75 Å². The third-order valence-electron chi connectivity index (χ3n) is 8.52. The van der Waals surface area contributed by atoms with E-state index in [0.29, 0.717) is 83.6 Å². The molecule has 0 saturated carbocycles. The van der Waals surface area contributed by atoms with Gasteiger partial charge in [-0.15, -0.1) is 0 Å². The summed E-state index contributed by atoms with van der Waals surface area (Å²) in [5, 5.41) is 12.9. The maximum atomic E-state index is 13.8. The molecule has 2 aromatic heterocycles. The molecule has 10 heteroatoms. The van der Waals surface area contributed by atoms with Gasteiger partial charge in [0.15, 0.2) is 0 Å². The van der Waals surface area contributed by atoms with Gasteiger partial charge in [-0.1, -0.05) is 36.4 Å². The van der Waals surface area contributed by atoms with Gasteiger partial charge in [-0.25, -0.2) is 4.57 Å². The normalized spacial score (nSPS) is 11.7. The Bertz CT molecular complexity index is 2360. The fourth-order valence-electron chi connectivity index (χ4n) is 6.19. The van der Waals surface area contributed by atoms with Crippen LogP contribution in [-0.4, -0.2) is 62.4 Å². The van der Waals surface area contributed by atoms with Crippen molar-refractivity contribution in [3.8, 4) is 22.6 Å². The standard InChI is InChI=1S/C39H33NO9/c1-45-16-17-46-18-19-47-20-21-48-28-9-4-25(5-10-28)26-6-14-33-32(23-26)29-11-12-30-36-31(13-15-34(49-33)37(29)36)39(44)40(38(30)43)27-7-2-24(3-8-27)22-35(41)42/h2-15,23H,16-22H2,1H3,(H,41,42). The fourth-order valence-corrected chi connectivity index (χ4v) is 6.19. The van der Waals surface area contributed by atoms with E-state index >= 15 is 0 Å². The summed E-state index contributed by atoms with van der Waals surface area (Å²) >= 11 is 0. The molecule has 5 aromatic carbocycles. The number of pyridine rings is 1. The van der Waals surface area contributed by atoms with E-state index in [1.165, 1.54) is 0 Å². The minimum absolute atomic E-state index is 0.151. The summed E-state index contributed by atoms with van der Waals surface area (Å²) in [5.74, 6) is -0.225. The van der Waals surface area contributed by atoms with Crippen molar-refractivity contribution in [3.05, 3.63) is 117 Å². The molecule has 0 aliphatic rings. The molecule has 0 radical (unpaired) electrons. The van der Waals surface area contributed by atoms with E-state index in [0.717, 1.165) is 32.2 Å². The summed E-state index contributed by atoms with van der Waals surface area (Å²) in [7, 11) is 1.64. The predicted octanol–water partition coefficient (Wildman–Crippen LogP) is 6.19. The van der Waals surface area contributed by atoms with E-state index in [1.54, 1.807) is 49.6 Å². The van der Waals surface area contributed by atoms with Crippen LogP contribution in [-0.2, 0) is 25.4 Å². The summed E-state index contributed by atoms with van der Waals surface area (Å²) in [6, 6.07) is 27.4. The van der Waals surface area contributed by atoms with Crippen molar-refractivity contribution in [1.29, 1.82) is 0 Å². The number of methoxy groups -OCH3 is 1. The first-order chi connectivity index (χ1) is 23.9. The molecule has 0 unspecified atom stereocenters. The lowest BCUT2D eigenvalue weighted by Crippen LogP contribution is -2.31. The van der Waals surface area contributed by atoms with Gasteiger partial charge < -0.3 is 28.5 Å². The average molecular weight is 660 g/mol. The Balaban J connectivity index is 1.17. The van der Waals surface area contributed by atoms with Gasteiger partial charge in [0.05, 0.1) is 45.1 Å². The van der Waals surface area contributed by atoms with Gasteiger partial charge in [0.2, 0.25) is 0 Å². The Morgan fingerprint density at radius 1 is 0.653 bits per heavy atom. The van der Waals surface area contributed by atoms with Gasteiger partial charge in [-0.3, -0.25) is 14.4 Å². The third kappa shape index (κ3) is 6.37. The minimum atomic E-state index is -0.959. The van der Waals surface area contributed by atoms with Crippen molar-refractivity contribution in [3.63, 3.8) is 0 Å². The highest BCUT2D eigenvalue weighted by Crippen LogP contribution is 2.38. The number of carboxylic acids is 1. The summed E-state index contributed by atoms with van der Waals surface area (Å²) in [6.07, 6.45) is -0.151. The van der Waals surface area contributed by atoms with Crippen LogP contribution in [0.2, 0.25) is 0 Å². The monoisotopic (exact) mass is 659 g/mol.